The highest BCUT2D eigenvalue weighted by molar-refractivity contribution is 7.99. The number of thioether (sulfide) groups is 1. The Morgan fingerprint density at radius 2 is 1.81 bits per heavy atom. The van der Waals surface area contributed by atoms with Crippen molar-refractivity contribution >= 4 is 34.6 Å². The zero-order valence-corrected chi connectivity index (χ0v) is 22.6. The van der Waals surface area contributed by atoms with E-state index in [0.29, 0.717) is 28.5 Å². The lowest BCUT2D eigenvalue weighted by Gasteiger charge is -2.43. The maximum absolute atomic E-state index is 13.9. The molecule has 1 aliphatic carbocycles. The molecule has 2 fully saturated rings. The quantitative estimate of drug-likeness (QED) is 0.472. The lowest BCUT2D eigenvalue weighted by molar-refractivity contribution is -0.147. The van der Waals surface area contributed by atoms with E-state index in [0.717, 1.165) is 45.3 Å². The molecule has 10 heteroatoms. The molecule has 1 N–H and O–H groups in total. The molecule has 5 rings (SSSR count). The Morgan fingerprint density at radius 1 is 1.08 bits per heavy atom. The maximum Gasteiger partial charge on any atom is 0.264 e. The average Bonchev–Trinajstić information content (AvgIpc) is 3.18. The highest BCUT2D eigenvalue weighted by Gasteiger charge is 2.44. The minimum absolute atomic E-state index is 0.103. The summed E-state index contributed by atoms with van der Waals surface area (Å²) in [6.45, 7) is 4.98. The smallest absolute Gasteiger partial charge is 0.264 e. The van der Waals surface area contributed by atoms with Gasteiger partial charge in [0.05, 0.1) is 5.39 Å². The van der Waals surface area contributed by atoms with Crippen LogP contribution in [0.2, 0.25) is 0 Å². The first kappa shape index (κ1) is 26.2. The normalized spacial score (nSPS) is 24.2. The van der Waals surface area contributed by atoms with Gasteiger partial charge in [-0.3, -0.25) is 19.0 Å². The molecular formula is C27H38N6O3S. The molecule has 37 heavy (non-hydrogen) atoms. The third-order valence-electron chi connectivity index (χ3n) is 8.14. The van der Waals surface area contributed by atoms with Crippen molar-refractivity contribution in [2.24, 2.45) is 0 Å². The second kappa shape index (κ2) is 11.5. The van der Waals surface area contributed by atoms with Gasteiger partial charge in [0.25, 0.3) is 5.56 Å². The molecule has 0 radical (unpaired) electrons. The first-order valence-corrected chi connectivity index (χ1v) is 14.8. The molecule has 0 spiro atoms. The van der Waals surface area contributed by atoms with Crippen LogP contribution in [-0.4, -0.2) is 79.7 Å². The number of carbonyl (C=O) groups excluding carboxylic acids is 2. The van der Waals surface area contributed by atoms with Crippen LogP contribution in [0.15, 0.2) is 28.3 Å². The molecule has 3 aliphatic rings. The number of rotatable bonds is 5. The molecule has 1 unspecified atom stereocenters. The molecule has 2 amide bonds. The Morgan fingerprint density at radius 3 is 2.57 bits per heavy atom. The number of hydrogen-bond acceptors (Lipinski definition) is 7. The summed E-state index contributed by atoms with van der Waals surface area (Å²) in [6.07, 6.45) is 11.8. The Labute approximate surface area is 222 Å². The van der Waals surface area contributed by atoms with E-state index in [1.165, 1.54) is 48.4 Å². The Bertz CT molecular complexity index is 1190. The van der Waals surface area contributed by atoms with E-state index < -0.39 is 5.54 Å². The van der Waals surface area contributed by atoms with Crippen molar-refractivity contribution in [3.05, 3.63) is 28.7 Å². The lowest BCUT2D eigenvalue weighted by atomic mass is 9.98. The highest BCUT2D eigenvalue weighted by Crippen LogP contribution is 2.30. The van der Waals surface area contributed by atoms with Crippen molar-refractivity contribution in [3.63, 3.8) is 0 Å². The number of amides is 2. The Kier molecular flexibility index (Phi) is 8.14. The number of fused-ring (bicyclic) bond motifs is 2. The van der Waals surface area contributed by atoms with Gasteiger partial charge < -0.3 is 15.1 Å². The summed E-state index contributed by atoms with van der Waals surface area (Å²) in [5.41, 5.74) is -0.950. The van der Waals surface area contributed by atoms with Gasteiger partial charge in [-0.25, -0.2) is 9.97 Å². The molecule has 1 saturated heterocycles. The molecule has 0 bridgehead atoms. The van der Waals surface area contributed by atoms with Gasteiger partial charge in [0.1, 0.15) is 12.1 Å². The monoisotopic (exact) mass is 526 g/mol. The third-order valence-corrected chi connectivity index (χ3v) is 9.41. The summed E-state index contributed by atoms with van der Waals surface area (Å²) in [4.78, 5) is 54.1. The molecule has 0 aromatic carbocycles. The molecular weight excluding hydrogens is 488 g/mol. The van der Waals surface area contributed by atoms with Gasteiger partial charge in [-0.2, -0.15) is 0 Å². The number of pyridine rings is 1. The van der Waals surface area contributed by atoms with Gasteiger partial charge in [0, 0.05) is 31.1 Å². The zero-order valence-electron chi connectivity index (χ0n) is 21.8. The van der Waals surface area contributed by atoms with Gasteiger partial charge in [-0.15, -0.1) is 0 Å². The van der Waals surface area contributed by atoms with Crippen LogP contribution in [0.4, 0.5) is 0 Å². The SMILES string of the molecule is CC1(C(=O)NC2CCCCCC2)CSc2nc3ncccc3c(=O)n2CC(=O)N1CCN1CCCCC1. The van der Waals surface area contributed by atoms with Crippen molar-refractivity contribution in [1.82, 2.24) is 29.7 Å². The number of likely N-dealkylation sites (tertiary alicyclic amines) is 1. The molecule has 1 atom stereocenters. The van der Waals surface area contributed by atoms with Crippen LogP contribution in [-0.2, 0) is 16.1 Å². The predicted molar refractivity (Wildman–Crippen MR) is 145 cm³/mol. The summed E-state index contributed by atoms with van der Waals surface area (Å²) in [6, 6.07) is 3.54. The predicted octanol–water partition coefficient (Wildman–Crippen LogP) is 2.81. The van der Waals surface area contributed by atoms with Gasteiger partial charge in [0.2, 0.25) is 11.8 Å². The molecule has 2 aromatic heterocycles. The lowest BCUT2D eigenvalue weighted by Crippen LogP contribution is -2.64. The van der Waals surface area contributed by atoms with Crippen LogP contribution < -0.4 is 10.9 Å². The van der Waals surface area contributed by atoms with Gasteiger partial charge >= 0.3 is 0 Å². The minimum atomic E-state index is -1.05. The first-order valence-electron chi connectivity index (χ1n) is 13.8. The average molecular weight is 527 g/mol. The van der Waals surface area contributed by atoms with Gasteiger partial charge in [-0.05, 0) is 57.8 Å². The van der Waals surface area contributed by atoms with E-state index in [1.54, 1.807) is 23.2 Å². The van der Waals surface area contributed by atoms with Crippen LogP contribution in [0.25, 0.3) is 11.0 Å². The minimum Gasteiger partial charge on any atom is -0.351 e. The number of carbonyl (C=O) groups is 2. The van der Waals surface area contributed by atoms with Crippen molar-refractivity contribution in [1.29, 1.82) is 0 Å². The second-order valence-electron chi connectivity index (χ2n) is 10.8. The molecule has 200 valence electrons. The van der Waals surface area contributed by atoms with Crippen LogP contribution >= 0.6 is 11.8 Å². The molecule has 2 aliphatic heterocycles. The third kappa shape index (κ3) is 5.70. The molecule has 1 saturated carbocycles. The van der Waals surface area contributed by atoms with Crippen LogP contribution in [0.5, 0.6) is 0 Å². The topological polar surface area (TPSA) is 100 Å². The summed E-state index contributed by atoms with van der Waals surface area (Å²) in [7, 11) is 0. The fourth-order valence-electron chi connectivity index (χ4n) is 5.81. The van der Waals surface area contributed by atoms with Crippen LogP contribution in [0, 0.1) is 0 Å². The molecule has 2 aromatic rings. The fraction of sp³-hybridized carbons (Fsp3) is 0.667. The number of nitrogens with one attached hydrogen (secondary N) is 1. The van der Waals surface area contributed by atoms with E-state index in [2.05, 4.69) is 20.2 Å². The Hall–Kier alpha value is -2.46. The van der Waals surface area contributed by atoms with Crippen LogP contribution in [0.1, 0.15) is 64.7 Å². The van der Waals surface area contributed by atoms with Gasteiger partial charge in [-0.1, -0.05) is 43.9 Å². The van der Waals surface area contributed by atoms with E-state index in [9.17, 15) is 14.4 Å². The second-order valence-corrected chi connectivity index (χ2v) is 11.8. The zero-order chi connectivity index (χ0) is 25.8. The maximum atomic E-state index is 13.9. The summed E-state index contributed by atoms with van der Waals surface area (Å²) in [5, 5.41) is 4.15. The van der Waals surface area contributed by atoms with Crippen molar-refractivity contribution in [3.8, 4) is 0 Å². The van der Waals surface area contributed by atoms with Crippen molar-refractivity contribution in [2.45, 2.75) is 88.0 Å². The number of hydrogen-bond donors (Lipinski definition) is 1. The van der Waals surface area contributed by atoms with Crippen molar-refractivity contribution in [2.75, 3.05) is 31.9 Å². The number of nitrogens with zero attached hydrogens (tertiary/aromatic N) is 5. The number of piperidine rings is 1. The van der Waals surface area contributed by atoms with E-state index in [-0.39, 0.29) is 30.0 Å². The number of aromatic nitrogens is 3. The standard InChI is InChI=1S/C27H38N6O3S/c1-27(25(36)29-20-10-5-2-3-6-11-20)19-37-26-30-23-21(12-9-13-28-23)24(35)32(26)18-22(34)33(27)17-16-31-14-7-4-8-15-31/h9,12-13,20H,2-8,10-11,14-19H2,1H3,(H,29,36). The fourth-order valence-corrected chi connectivity index (χ4v) is 6.96. The molecule has 9 nitrogen and oxygen atoms in total. The summed E-state index contributed by atoms with van der Waals surface area (Å²) in [5.74, 6) is 0.0000399. The van der Waals surface area contributed by atoms with E-state index in [4.69, 9.17) is 0 Å². The summed E-state index contributed by atoms with van der Waals surface area (Å²) >= 11 is 1.36. The highest BCUT2D eigenvalue weighted by atomic mass is 32.2. The van der Waals surface area contributed by atoms with Gasteiger partial charge in [0.15, 0.2) is 10.8 Å². The largest absolute Gasteiger partial charge is 0.351 e. The van der Waals surface area contributed by atoms with Crippen LogP contribution in [0.3, 0.4) is 0 Å². The van der Waals surface area contributed by atoms with E-state index in [1.807, 2.05) is 6.92 Å². The first-order chi connectivity index (χ1) is 18.0. The van der Waals surface area contributed by atoms with Crippen molar-refractivity contribution < 1.29 is 9.59 Å². The Balaban J connectivity index is 1.46. The van der Waals surface area contributed by atoms with E-state index >= 15 is 0 Å². The molecule has 4 heterocycles. The summed E-state index contributed by atoms with van der Waals surface area (Å²) < 4.78 is 1.45.